The topological polar surface area (TPSA) is 53.4 Å². The van der Waals surface area contributed by atoms with Gasteiger partial charge in [0.2, 0.25) is 0 Å². The minimum atomic E-state index is -0.220. The largest absolute Gasteiger partial charge is 0.384 e. The van der Waals surface area contributed by atoms with Gasteiger partial charge in [0, 0.05) is 25.0 Å². The van der Waals surface area contributed by atoms with Crippen LogP contribution in [0.15, 0.2) is 18.5 Å². The molecule has 0 aromatic carbocycles. The van der Waals surface area contributed by atoms with Gasteiger partial charge in [0.15, 0.2) is 0 Å². The van der Waals surface area contributed by atoms with Crippen molar-refractivity contribution in [3.63, 3.8) is 0 Å². The Morgan fingerprint density at radius 1 is 1.61 bits per heavy atom. The maximum atomic E-state index is 12.4. The number of carbonyl (C=O) groups is 1. The third-order valence-corrected chi connectivity index (χ3v) is 2.94. The summed E-state index contributed by atoms with van der Waals surface area (Å²) in [5.74, 6) is 5.33. The van der Waals surface area contributed by atoms with Gasteiger partial charge in [-0.3, -0.25) is 9.78 Å². The van der Waals surface area contributed by atoms with Crippen LogP contribution in [0.3, 0.4) is 0 Å². The van der Waals surface area contributed by atoms with Gasteiger partial charge in [0.05, 0.1) is 11.1 Å². The highest BCUT2D eigenvalue weighted by molar-refractivity contribution is 5.96. The number of aliphatic hydroxyl groups is 1. The van der Waals surface area contributed by atoms with E-state index in [4.69, 9.17) is 5.11 Å². The summed E-state index contributed by atoms with van der Waals surface area (Å²) in [4.78, 5) is 18.3. The van der Waals surface area contributed by atoms with E-state index >= 15 is 0 Å². The van der Waals surface area contributed by atoms with Crippen molar-refractivity contribution in [2.75, 3.05) is 13.2 Å². The molecule has 1 aromatic rings. The molecule has 0 bridgehead atoms. The number of rotatable bonds is 3. The Kier molecular flexibility index (Phi) is 3.96. The highest BCUT2D eigenvalue weighted by Gasteiger charge is 2.32. The molecule has 94 valence electrons. The molecule has 18 heavy (non-hydrogen) atoms. The molecule has 1 heterocycles. The van der Waals surface area contributed by atoms with Crippen molar-refractivity contribution in [3.8, 4) is 11.8 Å². The van der Waals surface area contributed by atoms with E-state index in [1.54, 1.807) is 18.5 Å². The van der Waals surface area contributed by atoms with E-state index < -0.39 is 0 Å². The lowest BCUT2D eigenvalue weighted by atomic mass is 10.1. The van der Waals surface area contributed by atoms with Crippen LogP contribution in [0.25, 0.3) is 0 Å². The van der Waals surface area contributed by atoms with Gasteiger partial charge < -0.3 is 10.0 Å². The number of nitrogens with zero attached hydrogens (tertiary/aromatic N) is 2. The fourth-order valence-electron chi connectivity index (χ4n) is 1.92. The highest BCUT2D eigenvalue weighted by Crippen LogP contribution is 2.28. The van der Waals surface area contributed by atoms with Gasteiger partial charge in [0.25, 0.3) is 5.91 Å². The van der Waals surface area contributed by atoms with Crippen molar-refractivity contribution in [2.45, 2.75) is 25.8 Å². The summed E-state index contributed by atoms with van der Waals surface area (Å²) < 4.78 is 0. The van der Waals surface area contributed by atoms with Gasteiger partial charge in [-0.1, -0.05) is 11.8 Å². The molecule has 1 aliphatic carbocycles. The highest BCUT2D eigenvalue weighted by atomic mass is 16.2. The quantitative estimate of drug-likeness (QED) is 0.809. The van der Waals surface area contributed by atoms with Crippen molar-refractivity contribution in [1.29, 1.82) is 0 Å². The third kappa shape index (κ3) is 2.69. The smallest absolute Gasteiger partial charge is 0.255 e. The van der Waals surface area contributed by atoms with Crippen LogP contribution in [-0.4, -0.2) is 40.1 Å². The van der Waals surface area contributed by atoms with Gasteiger partial charge in [-0.15, -0.1) is 0 Å². The molecule has 1 aromatic heterocycles. The second-order valence-electron chi connectivity index (χ2n) is 4.20. The first-order valence-electron chi connectivity index (χ1n) is 6.12. The third-order valence-electron chi connectivity index (χ3n) is 2.94. The van der Waals surface area contributed by atoms with Gasteiger partial charge in [0.1, 0.15) is 6.61 Å². The Hall–Kier alpha value is -1.86. The molecule has 2 rings (SSSR count). The fraction of sp³-hybridized carbons (Fsp3) is 0.429. The minimum Gasteiger partial charge on any atom is -0.384 e. The first-order valence-corrected chi connectivity index (χ1v) is 6.12. The van der Waals surface area contributed by atoms with Crippen LogP contribution in [0.2, 0.25) is 0 Å². The molecular weight excluding hydrogens is 228 g/mol. The van der Waals surface area contributed by atoms with Crippen molar-refractivity contribution in [3.05, 3.63) is 29.6 Å². The lowest BCUT2D eigenvalue weighted by Gasteiger charge is -2.20. The monoisotopic (exact) mass is 244 g/mol. The summed E-state index contributed by atoms with van der Waals surface area (Å²) in [6.45, 7) is 2.47. The van der Waals surface area contributed by atoms with E-state index in [9.17, 15) is 4.79 Å². The minimum absolute atomic E-state index is 0.00430. The Bertz CT molecular complexity index is 498. The molecule has 0 atom stereocenters. The Labute approximate surface area is 107 Å². The van der Waals surface area contributed by atoms with E-state index in [0.29, 0.717) is 23.7 Å². The van der Waals surface area contributed by atoms with Crippen molar-refractivity contribution >= 4 is 5.91 Å². The zero-order valence-electron chi connectivity index (χ0n) is 10.4. The van der Waals surface area contributed by atoms with Gasteiger partial charge in [-0.25, -0.2) is 0 Å². The zero-order valence-corrected chi connectivity index (χ0v) is 10.4. The van der Waals surface area contributed by atoms with Crippen LogP contribution in [0, 0.1) is 11.8 Å². The average molecular weight is 244 g/mol. The van der Waals surface area contributed by atoms with E-state index in [1.165, 1.54) is 0 Å². The fourth-order valence-corrected chi connectivity index (χ4v) is 1.92. The lowest BCUT2D eigenvalue weighted by molar-refractivity contribution is 0.0752. The Balaban J connectivity index is 2.28. The van der Waals surface area contributed by atoms with E-state index in [-0.39, 0.29) is 12.5 Å². The predicted molar refractivity (Wildman–Crippen MR) is 67.9 cm³/mol. The molecule has 0 aliphatic heterocycles. The molecule has 0 spiro atoms. The zero-order chi connectivity index (χ0) is 13.0. The molecule has 1 aliphatic rings. The number of pyridine rings is 1. The molecule has 1 fully saturated rings. The normalized spacial score (nSPS) is 13.7. The van der Waals surface area contributed by atoms with Crippen LogP contribution in [0.1, 0.15) is 35.7 Å². The molecule has 4 nitrogen and oxygen atoms in total. The summed E-state index contributed by atoms with van der Waals surface area (Å²) in [6, 6.07) is 2.07. The second kappa shape index (κ2) is 5.65. The number of aliphatic hydroxyl groups excluding tert-OH is 1. The molecule has 0 saturated heterocycles. The maximum absolute atomic E-state index is 12.4. The van der Waals surface area contributed by atoms with Crippen LogP contribution in [0.5, 0.6) is 0 Å². The number of hydrogen-bond donors (Lipinski definition) is 1. The molecule has 1 N–H and O–H groups in total. The maximum Gasteiger partial charge on any atom is 0.255 e. The summed E-state index contributed by atoms with van der Waals surface area (Å²) in [7, 11) is 0. The molecule has 1 amide bonds. The summed E-state index contributed by atoms with van der Waals surface area (Å²) in [5, 5.41) is 8.72. The van der Waals surface area contributed by atoms with Crippen LogP contribution < -0.4 is 0 Å². The molecule has 1 saturated carbocycles. The molecule has 0 radical (unpaired) electrons. The standard InChI is InChI=1S/C14H16N2O2/c1-2-16(12-5-6-12)14(18)13-7-8-15-10-11(13)4-3-9-17/h7-8,10,12,17H,2,5-6,9H2,1H3. The lowest BCUT2D eigenvalue weighted by Crippen LogP contribution is -2.33. The summed E-state index contributed by atoms with van der Waals surface area (Å²) in [5.41, 5.74) is 1.15. The van der Waals surface area contributed by atoms with Gasteiger partial charge in [-0.05, 0) is 25.8 Å². The second-order valence-corrected chi connectivity index (χ2v) is 4.20. The van der Waals surface area contributed by atoms with Gasteiger partial charge >= 0.3 is 0 Å². The number of amides is 1. The van der Waals surface area contributed by atoms with Crippen molar-refractivity contribution < 1.29 is 9.90 Å². The number of aromatic nitrogens is 1. The van der Waals surface area contributed by atoms with E-state index in [1.807, 2.05) is 11.8 Å². The average Bonchev–Trinajstić information content (AvgIpc) is 3.22. The predicted octanol–water partition coefficient (Wildman–Crippen LogP) is 1.05. The first-order chi connectivity index (χ1) is 8.77. The number of hydrogen-bond acceptors (Lipinski definition) is 3. The molecular formula is C14H16N2O2. The van der Waals surface area contributed by atoms with E-state index in [0.717, 1.165) is 12.8 Å². The SMILES string of the molecule is CCN(C(=O)c1ccncc1C#CCO)C1CC1. The van der Waals surface area contributed by atoms with E-state index in [2.05, 4.69) is 16.8 Å². The van der Waals surface area contributed by atoms with Crippen LogP contribution >= 0.6 is 0 Å². The van der Waals surface area contributed by atoms with Crippen LogP contribution in [-0.2, 0) is 0 Å². The van der Waals surface area contributed by atoms with Crippen LogP contribution in [0.4, 0.5) is 0 Å². The van der Waals surface area contributed by atoms with Gasteiger partial charge in [-0.2, -0.15) is 0 Å². The number of carbonyl (C=O) groups excluding carboxylic acids is 1. The molecule has 4 heteroatoms. The first kappa shape index (κ1) is 12.6. The molecule has 0 unspecified atom stereocenters. The van der Waals surface area contributed by atoms with Crippen molar-refractivity contribution in [2.24, 2.45) is 0 Å². The Morgan fingerprint density at radius 2 is 2.39 bits per heavy atom. The summed E-state index contributed by atoms with van der Waals surface area (Å²) >= 11 is 0. The summed E-state index contributed by atoms with van der Waals surface area (Å²) in [6.07, 6.45) is 5.33. The Morgan fingerprint density at radius 3 is 3.00 bits per heavy atom. The van der Waals surface area contributed by atoms with Crippen molar-refractivity contribution in [1.82, 2.24) is 9.88 Å².